The number of aromatic carboxylic acids is 1. The standard InChI is InChI=1S/C13H16N4O2/c1-13(2,3)11-10(12(18)19)15-16-17(11)8-9-6-4-5-7-14-9/h4-7H,8H2,1-3H3,(H,18,19). The van der Waals surface area contributed by atoms with Gasteiger partial charge in [-0.2, -0.15) is 0 Å². The fourth-order valence-electron chi connectivity index (χ4n) is 1.96. The lowest BCUT2D eigenvalue weighted by molar-refractivity contribution is 0.0687. The highest BCUT2D eigenvalue weighted by atomic mass is 16.4. The number of carboxylic acid groups (broad SMARTS) is 1. The molecule has 0 aliphatic carbocycles. The van der Waals surface area contributed by atoms with E-state index in [1.165, 1.54) is 0 Å². The molecule has 2 rings (SSSR count). The summed E-state index contributed by atoms with van der Waals surface area (Å²) >= 11 is 0. The molecule has 2 aromatic rings. The summed E-state index contributed by atoms with van der Waals surface area (Å²) in [6.07, 6.45) is 1.70. The monoisotopic (exact) mass is 260 g/mol. The molecule has 0 saturated heterocycles. The normalized spacial score (nSPS) is 11.5. The van der Waals surface area contributed by atoms with Gasteiger partial charge in [-0.1, -0.05) is 32.1 Å². The Morgan fingerprint density at radius 3 is 2.63 bits per heavy atom. The molecule has 0 amide bonds. The van der Waals surface area contributed by atoms with Crippen LogP contribution < -0.4 is 0 Å². The average molecular weight is 260 g/mol. The van der Waals surface area contributed by atoms with E-state index >= 15 is 0 Å². The third-order valence-corrected chi connectivity index (χ3v) is 2.69. The summed E-state index contributed by atoms with van der Waals surface area (Å²) in [6.45, 7) is 6.22. The summed E-state index contributed by atoms with van der Waals surface area (Å²) in [4.78, 5) is 15.4. The van der Waals surface area contributed by atoms with Crippen molar-refractivity contribution in [2.24, 2.45) is 0 Å². The molecule has 0 unspecified atom stereocenters. The van der Waals surface area contributed by atoms with Crippen molar-refractivity contribution < 1.29 is 9.90 Å². The van der Waals surface area contributed by atoms with Gasteiger partial charge in [-0.15, -0.1) is 5.10 Å². The van der Waals surface area contributed by atoms with Gasteiger partial charge in [0.1, 0.15) is 0 Å². The van der Waals surface area contributed by atoms with Crippen LogP contribution in [0, 0.1) is 0 Å². The maximum absolute atomic E-state index is 11.2. The number of nitrogens with zero attached hydrogens (tertiary/aromatic N) is 4. The van der Waals surface area contributed by atoms with Gasteiger partial charge >= 0.3 is 5.97 Å². The Labute approximate surface area is 111 Å². The molecule has 100 valence electrons. The zero-order chi connectivity index (χ0) is 14.0. The molecule has 0 aliphatic rings. The van der Waals surface area contributed by atoms with Gasteiger partial charge in [-0.3, -0.25) is 4.98 Å². The zero-order valence-corrected chi connectivity index (χ0v) is 11.2. The molecule has 0 radical (unpaired) electrons. The molecule has 6 nitrogen and oxygen atoms in total. The van der Waals surface area contributed by atoms with Crippen LogP contribution in [0.4, 0.5) is 0 Å². The highest BCUT2D eigenvalue weighted by Gasteiger charge is 2.28. The van der Waals surface area contributed by atoms with Crippen molar-refractivity contribution >= 4 is 5.97 Å². The van der Waals surface area contributed by atoms with E-state index in [4.69, 9.17) is 0 Å². The number of hydrogen-bond donors (Lipinski definition) is 1. The van der Waals surface area contributed by atoms with Crippen molar-refractivity contribution in [2.75, 3.05) is 0 Å². The number of carbonyl (C=O) groups is 1. The second-order valence-corrected chi connectivity index (χ2v) is 5.32. The molecule has 0 aromatic carbocycles. The van der Waals surface area contributed by atoms with Crippen molar-refractivity contribution in [3.63, 3.8) is 0 Å². The Kier molecular flexibility index (Phi) is 3.33. The van der Waals surface area contributed by atoms with Gasteiger partial charge in [0.05, 0.1) is 17.9 Å². The van der Waals surface area contributed by atoms with Crippen LogP contribution >= 0.6 is 0 Å². The summed E-state index contributed by atoms with van der Waals surface area (Å²) in [5.41, 5.74) is 1.07. The van der Waals surface area contributed by atoms with E-state index in [0.717, 1.165) is 5.69 Å². The third kappa shape index (κ3) is 2.78. The molecule has 2 aromatic heterocycles. The Morgan fingerprint density at radius 2 is 2.11 bits per heavy atom. The van der Waals surface area contributed by atoms with Crippen LogP contribution in [0.2, 0.25) is 0 Å². The molecule has 0 bridgehead atoms. The summed E-state index contributed by atoms with van der Waals surface area (Å²) in [5.74, 6) is -1.06. The highest BCUT2D eigenvalue weighted by molar-refractivity contribution is 5.86. The fourth-order valence-corrected chi connectivity index (χ4v) is 1.96. The molecule has 0 atom stereocenters. The molecule has 0 aliphatic heterocycles. The summed E-state index contributed by atoms with van der Waals surface area (Å²) in [6, 6.07) is 5.58. The maximum atomic E-state index is 11.2. The summed E-state index contributed by atoms with van der Waals surface area (Å²) < 4.78 is 1.60. The number of carboxylic acids is 1. The van der Waals surface area contributed by atoms with Crippen LogP contribution in [-0.4, -0.2) is 31.1 Å². The molecule has 0 fully saturated rings. The lowest BCUT2D eigenvalue weighted by Gasteiger charge is -2.20. The van der Waals surface area contributed by atoms with E-state index in [2.05, 4.69) is 15.3 Å². The van der Waals surface area contributed by atoms with Crippen LogP contribution in [0.1, 0.15) is 42.6 Å². The summed E-state index contributed by atoms with van der Waals surface area (Å²) in [7, 11) is 0. The molecule has 0 spiro atoms. The van der Waals surface area contributed by atoms with Gasteiger partial charge in [0.25, 0.3) is 0 Å². The van der Waals surface area contributed by atoms with Gasteiger partial charge < -0.3 is 5.11 Å². The first-order valence-corrected chi connectivity index (χ1v) is 5.97. The van der Waals surface area contributed by atoms with E-state index in [9.17, 15) is 9.90 Å². The van der Waals surface area contributed by atoms with Gasteiger partial charge in [-0.05, 0) is 12.1 Å². The largest absolute Gasteiger partial charge is 0.476 e. The van der Waals surface area contributed by atoms with Crippen molar-refractivity contribution in [1.82, 2.24) is 20.0 Å². The number of aromatic nitrogens is 4. The molecule has 1 N–H and O–H groups in total. The minimum absolute atomic E-state index is 0.00318. The summed E-state index contributed by atoms with van der Waals surface area (Å²) in [5, 5.41) is 16.9. The van der Waals surface area contributed by atoms with E-state index in [1.54, 1.807) is 10.9 Å². The van der Waals surface area contributed by atoms with E-state index < -0.39 is 5.97 Å². The predicted molar refractivity (Wildman–Crippen MR) is 69.0 cm³/mol. The first-order valence-electron chi connectivity index (χ1n) is 5.97. The molecule has 0 saturated carbocycles. The smallest absolute Gasteiger partial charge is 0.358 e. The minimum atomic E-state index is -1.06. The van der Waals surface area contributed by atoms with Crippen molar-refractivity contribution in [2.45, 2.75) is 32.7 Å². The van der Waals surface area contributed by atoms with Gasteiger partial charge in [0.2, 0.25) is 0 Å². The topological polar surface area (TPSA) is 80.9 Å². The highest BCUT2D eigenvalue weighted by Crippen LogP contribution is 2.25. The first-order chi connectivity index (χ1) is 8.89. The second-order valence-electron chi connectivity index (χ2n) is 5.32. The average Bonchev–Trinajstić information content (AvgIpc) is 2.74. The first kappa shape index (κ1) is 13.2. The van der Waals surface area contributed by atoms with Crippen molar-refractivity contribution in [1.29, 1.82) is 0 Å². The van der Waals surface area contributed by atoms with Crippen LogP contribution in [0.25, 0.3) is 0 Å². The fraction of sp³-hybridized carbons (Fsp3) is 0.385. The van der Waals surface area contributed by atoms with Crippen LogP contribution in [-0.2, 0) is 12.0 Å². The minimum Gasteiger partial charge on any atom is -0.476 e. The van der Waals surface area contributed by atoms with Crippen molar-refractivity contribution in [3.8, 4) is 0 Å². The second kappa shape index (κ2) is 4.79. The third-order valence-electron chi connectivity index (χ3n) is 2.69. The molecule has 6 heteroatoms. The SMILES string of the molecule is CC(C)(C)c1c(C(=O)O)nnn1Cc1ccccn1. The van der Waals surface area contributed by atoms with Crippen LogP contribution in [0.5, 0.6) is 0 Å². The lowest BCUT2D eigenvalue weighted by atomic mass is 9.90. The van der Waals surface area contributed by atoms with Crippen LogP contribution in [0.3, 0.4) is 0 Å². The van der Waals surface area contributed by atoms with Gasteiger partial charge in [0, 0.05) is 11.6 Å². The van der Waals surface area contributed by atoms with Crippen molar-refractivity contribution in [3.05, 3.63) is 41.5 Å². The van der Waals surface area contributed by atoms with E-state index in [0.29, 0.717) is 12.2 Å². The van der Waals surface area contributed by atoms with Gasteiger partial charge in [-0.25, -0.2) is 9.48 Å². The Balaban J connectivity index is 2.44. The Hall–Kier alpha value is -2.24. The molecular formula is C13H16N4O2. The number of pyridine rings is 1. The number of hydrogen-bond acceptors (Lipinski definition) is 4. The lowest BCUT2D eigenvalue weighted by Crippen LogP contribution is -2.22. The zero-order valence-electron chi connectivity index (χ0n) is 11.2. The predicted octanol–water partition coefficient (Wildman–Crippen LogP) is 1.72. The maximum Gasteiger partial charge on any atom is 0.358 e. The molecule has 19 heavy (non-hydrogen) atoms. The van der Waals surface area contributed by atoms with E-state index in [1.807, 2.05) is 39.0 Å². The Bertz CT molecular complexity index is 584. The quantitative estimate of drug-likeness (QED) is 0.908. The van der Waals surface area contributed by atoms with Gasteiger partial charge in [0.15, 0.2) is 5.69 Å². The molecule has 2 heterocycles. The Morgan fingerprint density at radius 1 is 1.37 bits per heavy atom. The number of rotatable bonds is 3. The van der Waals surface area contributed by atoms with E-state index in [-0.39, 0.29) is 11.1 Å². The van der Waals surface area contributed by atoms with Crippen LogP contribution in [0.15, 0.2) is 24.4 Å². The molecular weight excluding hydrogens is 244 g/mol.